The number of hydrogen-bond donors (Lipinski definition) is 0. The van der Waals surface area contributed by atoms with Gasteiger partial charge in [0.25, 0.3) is 0 Å². The lowest BCUT2D eigenvalue weighted by Crippen LogP contribution is -2.00. The Kier molecular flexibility index (Phi) is 7.33. The quantitative estimate of drug-likeness (QED) is 0.179. The van der Waals surface area contributed by atoms with Crippen molar-refractivity contribution in [2.45, 2.75) is 6.61 Å². The van der Waals surface area contributed by atoms with Crippen LogP contribution in [0.25, 0.3) is 11.8 Å². The second-order valence-corrected chi connectivity index (χ2v) is 8.56. The summed E-state index contributed by atoms with van der Waals surface area (Å²) in [6.45, 7) is 0.304. The topological polar surface area (TPSA) is 40.5 Å². The van der Waals surface area contributed by atoms with Gasteiger partial charge in [0.05, 0.1) is 11.6 Å². The van der Waals surface area contributed by atoms with Gasteiger partial charge in [-0.15, -0.1) is 0 Å². The van der Waals surface area contributed by atoms with Crippen molar-refractivity contribution in [3.05, 3.63) is 117 Å². The molecule has 6 heteroatoms. The van der Waals surface area contributed by atoms with Crippen molar-refractivity contribution in [2.75, 3.05) is 7.11 Å². The molecule has 0 saturated carbocycles. The van der Waals surface area contributed by atoms with E-state index in [9.17, 15) is 4.79 Å². The zero-order valence-electron chi connectivity index (χ0n) is 17.9. The van der Waals surface area contributed by atoms with Crippen molar-refractivity contribution in [1.82, 2.24) is 4.57 Å². The van der Waals surface area contributed by atoms with Crippen LogP contribution in [-0.2, 0) is 6.61 Å². The molecule has 0 bridgehead atoms. The monoisotopic (exact) mass is 521 g/mol. The normalized spacial score (nSPS) is 11.0. The summed E-state index contributed by atoms with van der Waals surface area (Å²) in [5.74, 6) is 1.32. The van der Waals surface area contributed by atoms with Crippen molar-refractivity contribution in [2.24, 2.45) is 0 Å². The predicted octanol–water partition coefficient (Wildman–Crippen LogP) is 7.38. The molecule has 0 amide bonds. The molecule has 0 aliphatic rings. The summed E-state index contributed by atoms with van der Waals surface area (Å²) in [6.07, 6.45) is 7.27. The molecule has 0 unspecified atom stereocenters. The average Bonchev–Trinajstić information content (AvgIpc) is 3.37. The first-order chi connectivity index (χ1) is 16.0. The number of hydrogen-bond acceptors (Lipinski definition) is 3. The summed E-state index contributed by atoms with van der Waals surface area (Å²) in [5.41, 5.74) is 3.31. The van der Waals surface area contributed by atoms with E-state index in [1.54, 1.807) is 31.4 Å². The first-order valence-electron chi connectivity index (χ1n) is 10.2. The number of aromatic nitrogens is 1. The van der Waals surface area contributed by atoms with Gasteiger partial charge in [0.1, 0.15) is 18.1 Å². The molecule has 0 N–H and O–H groups in total. The van der Waals surface area contributed by atoms with Gasteiger partial charge >= 0.3 is 0 Å². The molecule has 4 nitrogen and oxygen atoms in total. The van der Waals surface area contributed by atoms with Crippen molar-refractivity contribution < 1.29 is 14.3 Å². The molecule has 0 atom stereocenters. The third kappa shape index (κ3) is 5.75. The summed E-state index contributed by atoms with van der Waals surface area (Å²) in [7, 11) is 1.62. The second kappa shape index (κ2) is 10.6. The van der Waals surface area contributed by atoms with Gasteiger partial charge < -0.3 is 14.0 Å². The molecular formula is C27H21BrClNO3. The zero-order chi connectivity index (χ0) is 23.2. The smallest absolute Gasteiger partial charge is 0.185 e. The molecule has 1 heterocycles. The summed E-state index contributed by atoms with van der Waals surface area (Å²) < 4.78 is 14.2. The van der Waals surface area contributed by atoms with Gasteiger partial charge in [-0.25, -0.2) is 0 Å². The Balaban J connectivity index is 1.50. The molecule has 0 fully saturated rings. The average molecular weight is 523 g/mol. The third-order valence-corrected chi connectivity index (χ3v) is 5.90. The predicted molar refractivity (Wildman–Crippen MR) is 136 cm³/mol. The largest absolute Gasteiger partial charge is 0.496 e. The Morgan fingerprint density at radius 1 is 1.00 bits per heavy atom. The number of carbonyl (C=O) groups excluding carboxylic acids is 1. The van der Waals surface area contributed by atoms with Crippen LogP contribution >= 0.6 is 27.5 Å². The van der Waals surface area contributed by atoms with Gasteiger partial charge in [-0.2, -0.15) is 0 Å². The molecular weight excluding hydrogens is 502 g/mol. The number of carbonyl (C=O) groups is 1. The van der Waals surface area contributed by atoms with Gasteiger partial charge in [-0.05, 0) is 82.2 Å². The minimum atomic E-state index is -0.0669. The summed E-state index contributed by atoms with van der Waals surface area (Å²) in [4.78, 5) is 12.8. The van der Waals surface area contributed by atoms with E-state index in [-0.39, 0.29) is 5.78 Å². The van der Waals surface area contributed by atoms with Crippen LogP contribution < -0.4 is 9.47 Å². The number of ketones is 1. The Morgan fingerprint density at radius 3 is 2.55 bits per heavy atom. The highest BCUT2D eigenvalue weighted by molar-refractivity contribution is 9.10. The Bertz CT molecular complexity index is 1300. The maximum atomic E-state index is 12.8. The first-order valence-corrected chi connectivity index (χ1v) is 11.4. The van der Waals surface area contributed by atoms with Crippen LogP contribution in [0.1, 0.15) is 21.5 Å². The van der Waals surface area contributed by atoms with E-state index in [1.165, 1.54) is 0 Å². The highest BCUT2D eigenvalue weighted by atomic mass is 79.9. The number of nitrogens with zero attached hydrogens (tertiary/aromatic N) is 1. The Hall–Kier alpha value is -3.28. The van der Waals surface area contributed by atoms with Crippen molar-refractivity contribution >= 4 is 39.4 Å². The minimum Gasteiger partial charge on any atom is -0.496 e. The number of halogens is 2. The summed E-state index contributed by atoms with van der Waals surface area (Å²) >= 11 is 9.46. The summed E-state index contributed by atoms with van der Waals surface area (Å²) in [5, 5.41) is 0.627. The number of allylic oxidation sites excluding steroid dienone is 1. The molecule has 1 aromatic heterocycles. The molecule has 3 aromatic carbocycles. The second-order valence-electron chi connectivity index (χ2n) is 7.27. The van der Waals surface area contributed by atoms with E-state index in [2.05, 4.69) is 15.9 Å². The van der Waals surface area contributed by atoms with E-state index in [1.807, 2.05) is 77.6 Å². The van der Waals surface area contributed by atoms with Crippen LogP contribution in [0.4, 0.5) is 0 Å². The van der Waals surface area contributed by atoms with Gasteiger partial charge in [-0.3, -0.25) is 4.79 Å². The lowest BCUT2D eigenvalue weighted by Gasteiger charge is -2.12. The lowest BCUT2D eigenvalue weighted by atomic mass is 10.1. The molecule has 4 aromatic rings. The van der Waals surface area contributed by atoms with Crippen molar-refractivity contribution in [3.63, 3.8) is 0 Å². The molecule has 0 aliphatic carbocycles. The summed E-state index contributed by atoms with van der Waals surface area (Å²) in [6, 6.07) is 22.5. The molecule has 4 rings (SSSR count). The minimum absolute atomic E-state index is 0.0669. The molecule has 0 radical (unpaired) electrons. The van der Waals surface area contributed by atoms with Crippen LogP contribution in [0.15, 0.2) is 95.7 Å². The van der Waals surface area contributed by atoms with Crippen LogP contribution in [-0.4, -0.2) is 17.5 Å². The number of benzene rings is 3. The highest BCUT2D eigenvalue weighted by Crippen LogP contribution is 2.30. The van der Waals surface area contributed by atoms with Gasteiger partial charge in [0, 0.05) is 34.2 Å². The van der Waals surface area contributed by atoms with E-state index in [0.717, 1.165) is 21.3 Å². The van der Waals surface area contributed by atoms with E-state index in [4.69, 9.17) is 21.1 Å². The number of methoxy groups -OCH3 is 1. The maximum Gasteiger partial charge on any atom is 0.185 e. The maximum absolute atomic E-state index is 12.8. The van der Waals surface area contributed by atoms with Gasteiger partial charge in [0.15, 0.2) is 5.78 Å². The Morgan fingerprint density at radius 2 is 1.79 bits per heavy atom. The number of rotatable bonds is 8. The van der Waals surface area contributed by atoms with Crippen LogP contribution in [0.5, 0.6) is 11.5 Å². The fourth-order valence-electron chi connectivity index (χ4n) is 3.36. The molecule has 0 aliphatic heterocycles. The molecule has 33 heavy (non-hydrogen) atoms. The van der Waals surface area contributed by atoms with Crippen molar-refractivity contribution in [3.8, 4) is 17.2 Å². The standard InChI is InChI=1S/C27H21BrClNO3/c1-32-26-11-8-19(15-21(26)18-33-27-12-9-22(29)17-24(27)28)7-10-25(31)20-5-4-6-23(16-20)30-13-2-3-14-30/h2-17H,18H2,1H3/b10-7+. The highest BCUT2D eigenvalue weighted by Gasteiger charge is 2.08. The van der Waals surface area contributed by atoms with Crippen LogP contribution in [0, 0.1) is 0 Å². The van der Waals surface area contributed by atoms with E-state index >= 15 is 0 Å². The van der Waals surface area contributed by atoms with E-state index < -0.39 is 0 Å². The SMILES string of the molecule is COc1ccc(/C=C/C(=O)c2cccc(-n3cccc3)c2)cc1COc1ccc(Cl)cc1Br. The third-order valence-electron chi connectivity index (χ3n) is 5.04. The fraction of sp³-hybridized carbons (Fsp3) is 0.0741. The Labute approximate surface area is 206 Å². The molecule has 0 saturated heterocycles. The first kappa shape index (κ1) is 22.9. The van der Waals surface area contributed by atoms with Crippen molar-refractivity contribution in [1.29, 1.82) is 0 Å². The molecule has 166 valence electrons. The zero-order valence-corrected chi connectivity index (χ0v) is 20.2. The molecule has 0 spiro atoms. The van der Waals surface area contributed by atoms with Gasteiger partial charge in [-0.1, -0.05) is 35.9 Å². The van der Waals surface area contributed by atoms with Gasteiger partial charge in [0.2, 0.25) is 0 Å². The fourth-order valence-corrected chi connectivity index (χ4v) is 4.15. The number of ether oxygens (including phenoxy) is 2. The van der Waals surface area contributed by atoms with Crippen LogP contribution in [0.2, 0.25) is 5.02 Å². The van der Waals surface area contributed by atoms with Crippen LogP contribution in [0.3, 0.4) is 0 Å². The van der Waals surface area contributed by atoms with E-state index in [0.29, 0.717) is 28.7 Å². The lowest BCUT2D eigenvalue weighted by molar-refractivity contribution is 0.104.